The summed E-state index contributed by atoms with van der Waals surface area (Å²) in [5.74, 6) is 1.64. The topological polar surface area (TPSA) is 74.2 Å². The van der Waals surface area contributed by atoms with Crippen molar-refractivity contribution in [1.29, 1.82) is 0 Å². The Kier molecular flexibility index (Phi) is 4.31. The van der Waals surface area contributed by atoms with Gasteiger partial charge in [-0.05, 0) is 31.2 Å². The van der Waals surface area contributed by atoms with E-state index in [4.69, 9.17) is 15.0 Å². The fourth-order valence-electron chi connectivity index (χ4n) is 2.90. The van der Waals surface area contributed by atoms with Gasteiger partial charge in [0.15, 0.2) is 0 Å². The van der Waals surface area contributed by atoms with Crippen molar-refractivity contribution in [2.75, 3.05) is 7.11 Å². The number of nitrogens with two attached hydrogens (primary N) is 1. The molecule has 112 valence electrons. The van der Waals surface area contributed by atoms with Crippen LogP contribution in [0, 0.1) is 0 Å². The second-order valence-electron chi connectivity index (χ2n) is 5.63. The first-order valence-corrected chi connectivity index (χ1v) is 7.44. The van der Waals surface area contributed by atoms with Gasteiger partial charge in [0.2, 0.25) is 11.7 Å². The maximum Gasteiger partial charge on any atom is 0.229 e. The fourth-order valence-corrected chi connectivity index (χ4v) is 2.90. The normalized spacial score (nSPS) is 23.9. The van der Waals surface area contributed by atoms with E-state index in [2.05, 4.69) is 10.1 Å². The first kappa shape index (κ1) is 14.2. The van der Waals surface area contributed by atoms with Crippen LogP contribution in [-0.4, -0.2) is 23.3 Å². The van der Waals surface area contributed by atoms with Crippen LogP contribution in [-0.2, 0) is 4.74 Å². The number of benzene rings is 1. The molecule has 1 aromatic heterocycles. The molecule has 2 aromatic rings. The van der Waals surface area contributed by atoms with Crippen molar-refractivity contribution in [2.24, 2.45) is 5.73 Å². The molecule has 1 heterocycles. The van der Waals surface area contributed by atoms with Gasteiger partial charge in [0.05, 0.1) is 0 Å². The lowest BCUT2D eigenvalue weighted by Crippen LogP contribution is -2.25. The van der Waals surface area contributed by atoms with E-state index < -0.39 is 0 Å². The third kappa shape index (κ3) is 3.14. The lowest BCUT2D eigenvalue weighted by Gasteiger charge is -2.23. The molecule has 1 saturated carbocycles. The highest BCUT2D eigenvalue weighted by molar-refractivity contribution is 5.22. The van der Waals surface area contributed by atoms with Crippen molar-refractivity contribution in [3.05, 3.63) is 47.6 Å². The zero-order valence-electron chi connectivity index (χ0n) is 12.2. The van der Waals surface area contributed by atoms with Gasteiger partial charge in [-0.1, -0.05) is 35.5 Å². The van der Waals surface area contributed by atoms with Crippen molar-refractivity contribution < 1.29 is 9.26 Å². The SMILES string of the molecule is COC(c1ccccc1)c1noc(C2CCC(N)CC2)n1. The van der Waals surface area contributed by atoms with E-state index in [1.54, 1.807) is 7.11 Å². The highest BCUT2D eigenvalue weighted by Gasteiger charge is 2.27. The predicted molar refractivity (Wildman–Crippen MR) is 78.8 cm³/mol. The quantitative estimate of drug-likeness (QED) is 0.936. The van der Waals surface area contributed by atoms with E-state index >= 15 is 0 Å². The van der Waals surface area contributed by atoms with Crippen LogP contribution < -0.4 is 5.73 Å². The molecule has 0 radical (unpaired) electrons. The highest BCUT2D eigenvalue weighted by atomic mass is 16.5. The van der Waals surface area contributed by atoms with Gasteiger partial charge >= 0.3 is 0 Å². The van der Waals surface area contributed by atoms with Gasteiger partial charge in [0, 0.05) is 19.1 Å². The summed E-state index contributed by atoms with van der Waals surface area (Å²) < 4.78 is 11.0. The minimum atomic E-state index is -0.283. The van der Waals surface area contributed by atoms with Gasteiger partial charge in [-0.3, -0.25) is 0 Å². The Labute approximate surface area is 124 Å². The molecule has 0 saturated heterocycles. The van der Waals surface area contributed by atoms with E-state index in [1.807, 2.05) is 30.3 Å². The standard InChI is InChI=1S/C16H21N3O2/c1-20-14(11-5-3-2-4-6-11)15-18-16(21-19-15)12-7-9-13(17)10-8-12/h2-6,12-14H,7-10,17H2,1H3. The molecule has 1 fully saturated rings. The Morgan fingerprint density at radius 1 is 1.19 bits per heavy atom. The van der Waals surface area contributed by atoms with Crippen LogP contribution in [0.3, 0.4) is 0 Å². The summed E-state index contributed by atoms with van der Waals surface area (Å²) in [6.45, 7) is 0. The smallest absolute Gasteiger partial charge is 0.229 e. The lowest BCUT2D eigenvalue weighted by atomic mass is 9.86. The molecule has 1 atom stereocenters. The molecule has 1 aliphatic carbocycles. The van der Waals surface area contributed by atoms with Gasteiger partial charge in [0.1, 0.15) is 6.10 Å². The second kappa shape index (κ2) is 6.37. The van der Waals surface area contributed by atoms with E-state index in [1.165, 1.54) is 0 Å². The zero-order valence-corrected chi connectivity index (χ0v) is 12.2. The van der Waals surface area contributed by atoms with E-state index in [-0.39, 0.29) is 6.10 Å². The number of nitrogens with zero attached hydrogens (tertiary/aromatic N) is 2. The lowest BCUT2D eigenvalue weighted by molar-refractivity contribution is 0.126. The Hall–Kier alpha value is -1.72. The molecular formula is C16H21N3O2. The molecule has 21 heavy (non-hydrogen) atoms. The van der Waals surface area contributed by atoms with Crippen LogP contribution in [0.4, 0.5) is 0 Å². The summed E-state index contributed by atoms with van der Waals surface area (Å²) in [5, 5.41) is 4.12. The van der Waals surface area contributed by atoms with Crippen molar-refractivity contribution in [1.82, 2.24) is 10.1 Å². The van der Waals surface area contributed by atoms with E-state index in [0.29, 0.717) is 17.8 Å². The van der Waals surface area contributed by atoms with Crippen LogP contribution in [0.2, 0.25) is 0 Å². The van der Waals surface area contributed by atoms with Crippen molar-refractivity contribution >= 4 is 0 Å². The first-order chi connectivity index (χ1) is 10.3. The Bertz CT molecular complexity index is 562. The van der Waals surface area contributed by atoms with Crippen LogP contribution >= 0.6 is 0 Å². The van der Waals surface area contributed by atoms with Gasteiger partial charge < -0.3 is 15.0 Å². The van der Waals surface area contributed by atoms with Crippen LogP contribution in [0.15, 0.2) is 34.9 Å². The summed E-state index contributed by atoms with van der Waals surface area (Å²) >= 11 is 0. The van der Waals surface area contributed by atoms with E-state index in [9.17, 15) is 0 Å². The van der Waals surface area contributed by atoms with Crippen molar-refractivity contribution in [3.8, 4) is 0 Å². The number of methoxy groups -OCH3 is 1. The molecule has 0 spiro atoms. The minimum Gasteiger partial charge on any atom is -0.369 e. The molecule has 5 nitrogen and oxygen atoms in total. The number of rotatable bonds is 4. The van der Waals surface area contributed by atoms with Gasteiger partial charge in [-0.15, -0.1) is 0 Å². The molecule has 0 aliphatic heterocycles. The molecule has 0 amide bonds. The summed E-state index contributed by atoms with van der Waals surface area (Å²) in [7, 11) is 1.66. The fraction of sp³-hybridized carbons (Fsp3) is 0.500. The third-order valence-corrected chi connectivity index (χ3v) is 4.15. The first-order valence-electron chi connectivity index (χ1n) is 7.44. The zero-order chi connectivity index (χ0) is 14.7. The third-order valence-electron chi connectivity index (χ3n) is 4.15. The molecule has 1 aromatic carbocycles. The summed E-state index contributed by atoms with van der Waals surface area (Å²) in [5.41, 5.74) is 6.97. The maximum absolute atomic E-state index is 5.94. The van der Waals surface area contributed by atoms with Crippen molar-refractivity contribution in [3.63, 3.8) is 0 Å². The molecule has 2 N–H and O–H groups in total. The van der Waals surface area contributed by atoms with Crippen molar-refractivity contribution in [2.45, 2.75) is 43.7 Å². The largest absolute Gasteiger partial charge is 0.369 e. The van der Waals surface area contributed by atoms with E-state index in [0.717, 1.165) is 37.1 Å². The number of ether oxygens (including phenoxy) is 1. The summed E-state index contributed by atoms with van der Waals surface area (Å²) in [6.07, 6.45) is 3.80. The summed E-state index contributed by atoms with van der Waals surface area (Å²) in [6, 6.07) is 10.3. The average Bonchev–Trinajstić information content (AvgIpc) is 2.99. The summed E-state index contributed by atoms with van der Waals surface area (Å²) in [4.78, 5) is 4.56. The van der Waals surface area contributed by atoms with Gasteiger partial charge in [0.25, 0.3) is 0 Å². The molecule has 3 rings (SSSR count). The number of hydrogen-bond acceptors (Lipinski definition) is 5. The van der Waals surface area contributed by atoms with Gasteiger partial charge in [-0.2, -0.15) is 4.98 Å². The Balaban J connectivity index is 1.77. The minimum absolute atomic E-state index is 0.283. The second-order valence-corrected chi connectivity index (χ2v) is 5.63. The molecule has 1 unspecified atom stereocenters. The highest BCUT2D eigenvalue weighted by Crippen LogP contribution is 2.32. The number of aromatic nitrogens is 2. The monoisotopic (exact) mass is 287 g/mol. The Morgan fingerprint density at radius 2 is 1.90 bits per heavy atom. The maximum atomic E-state index is 5.94. The Morgan fingerprint density at radius 3 is 2.57 bits per heavy atom. The average molecular weight is 287 g/mol. The van der Waals surface area contributed by atoms with Gasteiger partial charge in [-0.25, -0.2) is 0 Å². The van der Waals surface area contributed by atoms with Crippen LogP contribution in [0.5, 0.6) is 0 Å². The van der Waals surface area contributed by atoms with Crippen LogP contribution in [0.1, 0.15) is 55.0 Å². The molecule has 0 bridgehead atoms. The molecule has 5 heteroatoms. The number of hydrogen-bond donors (Lipinski definition) is 1. The molecule has 1 aliphatic rings. The van der Waals surface area contributed by atoms with Crippen LogP contribution in [0.25, 0.3) is 0 Å². The predicted octanol–water partition coefficient (Wildman–Crippen LogP) is 2.79. The molecular weight excluding hydrogens is 266 g/mol.